The molecule has 3 rings (SSSR count). The average Bonchev–Trinajstić information content (AvgIpc) is 2.86. The van der Waals surface area contributed by atoms with Gasteiger partial charge in [0, 0.05) is 5.56 Å². The van der Waals surface area contributed by atoms with Crippen LogP contribution in [0.2, 0.25) is 0 Å². The number of hydrogen-bond donors (Lipinski definition) is 0. The number of nitrogens with zero attached hydrogens (tertiary/aromatic N) is 1. The quantitative estimate of drug-likeness (QED) is 0.645. The number of imide groups is 1. The van der Waals surface area contributed by atoms with E-state index >= 15 is 0 Å². The molecule has 0 unspecified atom stereocenters. The third-order valence-corrected chi connectivity index (χ3v) is 3.53. The molecule has 0 aliphatic carbocycles. The van der Waals surface area contributed by atoms with E-state index in [1.165, 1.54) is 0 Å². The molecule has 118 valence electrons. The minimum atomic E-state index is -0.433. The molecule has 0 bridgehead atoms. The lowest BCUT2D eigenvalue weighted by molar-refractivity contribution is -0.0802. The second kappa shape index (κ2) is 6.95. The lowest BCUT2D eigenvalue weighted by Gasteiger charge is -2.11. The van der Waals surface area contributed by atoms with Gasteiger partial charge >= 0.3 is 0 Å². The van der Waals surface area contributed by atoms with Crippen LogP contribution in [0.15, 0.2) is 66.2 Å². The molecule has 1 aliphatic rings. The molecule has 0 fully saturated rings. The first kappa shape index (κ1) is 15.7. The van der Waals surface area contributed by atoms with Gasteiger partial charge in [0.1, 0.15) is 0 Å². The Kier molecular flexibility index (Phi) is 4.55. The first-order valence-corrected chi connectivity index (χ1v) is 7.51. The Morgan fingerprint density at radius 1 is 1.00 bits per heavy atom. The van der Waals surface area contributed by atoms with E-state index in [9.17, 15) is 9.59 Å². The van der Waals surface area contributed by atoms with Crippen LogP contribution < -0.4 is 0 Å². The Labute approximate surface area is 140 Å². The molecule has 2 aromatic rings. The first-order valence-electron chi connectivity index (χ1n) is 7.51. The lowest BCUT2D eigenvalue weighted by Crippen LogP contribution is -2.30. The molecule has 0 aromatic heterocycles. The van der Waals surface area contributed by atoms with Crippen LogP contribution >= 0.6 is 0 Å². The molecule has 1 heterocycles. The highest BCUT2D eigenvalue weighted by Gasteiger charge is 2.36. The Hall–Kier alpha value is -3.16. The van der Waals surface area contributed by atoms with Gasteiger partial charge in [-0.15, -0.1) is 5.06 Å². The molecule has 2 amide bonds. The Bertz CT molecular complexity index is 838. The molecule has 0 N–H and O–H groups in total. The molecule has 4 nitrogen and oxygen atoms in total. The zero-order valence-electron chi connectivity index (χ0n) is 13.2. The van der Waals surface area contributed by atoms with Crippen molar-refractivity contribution in [1.82, 2.24) is 5.06 Å². The van der Waals surface area contributed by atoms with Crippen molar-refractivity contribution in [3.8, 4) is 11.8 Å². The summed E-state index contributed by atoms with van der Waals surface area (Å²) < 4.78 is 0. The van der Waals surface area contributed by atoms with Gasteiger partial charge in [-0.1, -0.05) is 42.2 Å². The Balaban J connectivity index is 1.62. The molecule has 0 spiro atoms. The van der Waals surface area contributed by atoms with Gasteiger partial charge in [0.05, 0.1) is 17.7 Å². The highest BCUT2D eigenvalue weighted by Crippen LogP contribution is 2.22. The molecular formula is C20H15NO3. The van der Waals surface area contributed by atoms with Crippen molar-refractivity contribution in [3.63, 3.8) is 0 Å². The second-order valence-corrected chi connectivity index (χ2v) is 5.25. The van der Waals surface area contributed by atoms with E-state index in [-0.39, 0.29) is 6.61 Å². The fourth-order valence-corrected chi connectivity index (χ4v) is 2.26. The highest BCUT2D eigenvalue weighted by molar-refractivity contribution is 6.20. The molecule has 24 heavy (non-hydrogen) atoms. The number of rotatable bonds is 3. The SMILES string of the molecule is C/C(C#Cc1ccccc1)=C\CON1C(=O)c2ccccc2C1=O. The molecule has 4 heteroatoms. The molecular weight excluding hydrogens is 302 g/mol. The summed E-state index contributed by atoms with van der Waals surface area (Å²) >= 11 is 0. The number of carbonyl (C=O) groups is 2. The van der Waals surface area contributed by atoms with Crippen molar-refractivity contribution in [1.29, 1.82) is 0 Å². The number of allylic oxidation sites excluding steroid dienone is 1. The second-order valence-electron chi connectivity index (χ2n) is 5.25. The normalized spacial score (nSPS) is 13.5. The predicted octanol–water partition coefficient (Wildman–Crippen LogP) is 3.21. The Morgan fingerprint density at radius 3 is 2.21 bits per heavy atom. The zero-order valence-corrected chi connectivity index (χ0v) is 13.2. The van der Waals surface area contributed by atoms with Crippen molar-refractivity contribution in [2.24, 2.45) is 0 Å². The van der Waals surface area contributed by atoms with Crippen LogP contribution in [0.5, 0.6) is 0 Å². The highest BCUT2D eigenvalue weighted by atomic mass is 16.7. The van der Waals surface area contributed by atoms with Crippen LogP contribution in [0.1, 0.15) is 33.2 Å². The monoisotopic (exact) mass is 317 g/mol. The third-order valence-electron chi connectivity index (χ3n) is 3.53. The molecule has 0 saturated carbocycles. The van der Waals surface area contributed by atoms with Crippen molar-refractivity contribution >= 4 is 11.8 Å². The summed E-state index contributed by atoms with van der Waals surface area (Å²) in [6.07, 6.45) is 1.74. The van der Waals surface area contributed by atoms with Crippen molar-refractivity contribution in [3.05, 3.63) is 82.9 Å². The van der Waals surface area contributed by atoms with Gasteiger partial charge in [-0.05, 0) is 42.8 Å². The van der Waals surface area contributed by atoms with E-state index in [0.717, 1.165) is 16.2 Å². The number of benzene rings is 2. The summed E-state index contributed by atoms with van der Waals surface area (Å²) in [7, 11) is 0. The first-order chi connectivity index (χ1) is 11.7. The van der Waals surface area contributed by atoms with Crippen LogP contribution in [0.3, 0.4) is 0 Å². The summed E-state index contributed by atoms with van der Waals surface area (Å²) in [4.78, 5) is 29.6. The minimum Gasteiger partial charge on any atom is -0.266 e. The fourth-order valence-electron chi connectivity index (χ4n) is 2.26. The molecule has 0 atom stereocenters. The summed E-state index contributed by atoms with van der Waals surface area (Å²) in [6, 6.07) is 16.3. The van der Waals surface area contributed by atoms with Crippen molar-refractivity contribution in [2.45, 2.75) is 6.92 Å². The Morgan fingerprint density at radius 2 is 1.58 bits per heavy atom. The maximum atomic E-state index is 12.1. The van der Waals surface area contributed by atoms with Gasteiger partial charge in [-0.25, -0.2) is 0 Å². The van der Waals surface area contributed by atoms with Crippen LogP contribution in [-0.2, 0) is 4.84 Å². The lowest BCUT2D eigenvalue weighted by atomic mass is 10.1. The van der Waals surface area contributed by atoms with E-state index in [1.807, 2.05) is 37.3 Å². The topological polar surface area (TPSA) is 46.6 Å². The third kappa shape index (κ3) is 3.27. The van der Waals surface area contributed by atoms with Crippen LogP contribution in [0.4, 0.5) is 0 Å². The number of hydrogen-bond acceptors (Lipinski definition) is 3. The number of carbonyl (C=O) groups excluding carboxylic acids is 2. The summed E-state index contributed by atoms with van der Waals surface area (Å²) in [5.41, 5.74) is 2.46. The number of amides is 2. The molecule has 2 aromatic carbocycles. The average molecular weight is 317 g/mol. The summed E-state index contributed by atoms with van der Waals surface area (Å²) in [6.45, 7) is 1.95. The van der Waals surface area contributed by atoms with E-state index in [0.29, 0.717) is 11.1 Å². The fraction of sp³-hybridized carbons (Fsp3) is 0.100. The predicted molar refractivity (Wildman–Crippen MR) is 90.0 cm³/mol. The van der Waals surface area contributed by atoms with E-state index < -0.39 is 11.8 Å². The maximum Gasteiger partial charge on any atom is 0.285 e. The van der Waals surface area contributed by atoms with Crippen molar-refractivity contribution in [2.75, 3.05) is 6.61 Å². The van der Waals surface area contributed by atoms with Crippen LogP contribution in [0.25, 0.3) is 0 Å². The van der Waals surface area contributed by atoms with Crippen molar-refractivity contribution < 1.29 is 14.4 Å². The van der Waals surface area contributed by atoms with Gasteiger partial charge in [-0.3, -0.25) is 14.4 Å². The van der Waals surface area contributed by atoms with E-state index in [2.05, 4.69) is 11.8 Å². The zero-order chi connectivity index (χ0) is 16.9. The minimum absolute atomic E-state index is 0.0980. The van der Waals surface area contributed by atoms with E-state index in [1.54, 1.807) is 30.3 Å². The van der Waals surface area contributed by atoms with E-state index in [4.69, 9.17) is 4.84 Å². The summed E-state index contributed by atoms with van der Waals surface area (Å²) in [5, 5.41) is 0.805. The van der Waals surface area contributed by atoms with Gasteiger partial charge in [0.2, 0.25) is 0 Å². The van der Waals surface area contributed by atoms with Gasteiger partial charge in [0.25, 0.3) is 11.8 Å². The molecule has 1 aliphatic heterocycles. The smallest absolute Gasteiger partial charge is 0.266 e. The summed E-state index contributed by atoms with van der Waals surface area (Å²) in [5.74, 6) is 5.17. The largest absolute Gasteiger partial charge is 0.285 e. The van der Waals surface area contributed by atoms with Crippen LogP contribution in [0, 0.1) is 11.8 Å². The number of hydroxylamine groups is 2. The van der Waals surface area contributed by atoms with Gasteiger partial charge < -0.3 is 0 Å². The molecule has 0 saturated heterocycles. The van der Waals surface area contributed by atoms with Gasteiger partial charge in [0.15, 0.2) is 0 Å². The van der Waals surface area contributed by atoms with Gasteiger partial charge in [-0.2, -0.15) is 0 Å². The maximum absolute atomic E-state index is 12.1. The standard InChI is InChI=1S/C20H15NO3/c1-15(11-12-16-7-3-2-4-8-16)13-14-24-21-19(22)17-9-5-6-10-18(17)20(21)23/h2-10,13H,14H2,1H3/b15-13+. The van der Waals surface area contributed by atoms with Crippen LogP contribution in [-0.4, -0.2) is 23.5 Å². The molecule has 0 radical (unpaired) electrons. The number of fused-ring (bicyclic) bond motifs is 1.